The SMILES string of the molecule is CC(C#N)CN(C)c1ccc(F)cc1C(C)N. The molecule has 0 saturated carbocycles. The summed E-state index contributed by atoms with van der Waals surface area (Å²) in [5.74, 6) is -0.367. The molecular formula is C13H18FN3. The normalized spacial score (nSPS) is 13.9. The van der Waals surface area contributed by atoms with Crippen LogP contribution in [-0.4, -0.2) is 13.6 Å². The number of hydrogen-bond acceptors (Lipinski definition) is 3. The molecule has 0 fully saturated rings. The van der Waals surface area contributed by atoms with Gasteiger partial charge in [0.1, 0.15) is 5.82 Å². The quantitative estimate of drug-likeness (QED) is 0.872. The molecule has 0 radical (unpaired) electrons. The van der Waals surface area contributed by atoms with Crippen LogP contribution in [0.1, 0.15) is 25.5 Å². The van der Waals surface area contributed by atoms with Crippen molar-refractivity contribution in [1.82, 2.24) is 0 Å². The Kier molecular flexibility index (Phi) is 4.47. The van der Waals surface area contributed by atoms with Crippen LogP contribution in [0.15, 0.2) is 18.2 Å². The first kappa shape index (κ1) is 13.5. The third-order valence-corrected chi connectivity index (χ3v) is 2.66. The monoisotopic (exact) mass is 235 g/mol. The molecule has 0 spiro atoms. The van der Waals surface area contributed by atoms with E-state index in [0.717, 1.165) is 11.3 Å². The van der Waals surface area contributed by atoms with E-state index in [-0.39, 0.29) is 17.8 Å². The van der Waals surface area contributed by atoms with Crippen LogP contribution < -0.4 is 10.6 Å². The van der Waals surface area contributed by atoms with Gasteiger partial charge in [0.15, 0.2) is 0 Å². The van der Waals surface area contributed by atoms with Gasteiger partial charge in [-0.3, -0.25) is 0 Å². The lowest BCUT2D eigenvalue weighted by Gasteiger charge is -2.24. The molecular weight excluding hydrogens is 217 g/mol. The summed E-state index contributed by atoms with van der Waals surface area (Å²) in [6.07, 6.45) is 0. The maximum Gasteiger partial charge on any atom is 0.123 e. The Hall–Kier alpha value is -1.60. The number of halogens is 1. The Morgan fingerprint density at radius 3 is 2.65 bits per heavy atom. The molecule has 2 unspecified atom stereocenters. The van der Waals surface area contributed by atoms with E-state index in [0.29, 0.717) is 6.54 Å². The van der Waals surface area contributed by atoms with Gasteiger partial charge in [-0.1, -0.05) is 0 Å². The zero-order valence-electron chi connectivity index (χ0n) is 10.4. The first-order valence-corrected chi connectivity index (χ1v) is 5.61. The molecule has 0 saturated heterocycles. The Bertz CT molecular complexity index is 423. The van der Waals surface area contributed by atoms with Crippen molar-refractivity contribution >= 4 is 5.69 Å². The fourth-order valence-electron chi connectivity index (χ4n) is 1.79. The lowest BCUT2D eigenvalue weighted by atomic mass is 10.0. The van der Waals surface area contributed by atoms with Crippen LogP contribution >= 0.6 is 0 Å². The van der Waals surface area contributed by atoms with Crippen molar-refractivity contribution in [2.45, 2.75) is 19.9 Å². The van der Waals surface area contributed by atoms with Crippen LogP contribution in [0, 0.1) is 23.1 Å². The van der Waals surface area contributed by atoms with Crippen LogP contribution in [0.4, 0.5) is 10.1 Å². The van der Waals surface area contributed by atoms with Crippen molar-refractivity contribution < 1.29 is 4.39 Å². The van der Waals surface area contributed by atoms with Gasteiger partial charge in [0, 0.05) is 25.3 Å². The van der Waals surface area contributed by atoms with Crippen molar-refractivity contribution in [3.63, 3.8) is 0 Å². The number of nitrogens with zero attached hydrogens (tertiary/aromatic N) is 2. The first-order valence-electron chi connectivity index (χ1n) is 5.61. The number of hydrogen-bond donors (Lipinski definition) is 1. The van der Waals surface area contributed by atoms with E-state index < -0.39 is 0 Å². The standard InChI is InChI=1S/C13H18FN3/c1-9(7-15)8-17(3)13-5-4-11(14)6-12(13)10(2)16/h4-6,9-10H,8,16H2,1-3H3. The average Bonchev–Trinajstić information content (AvgIpc) is 2.28. The molecule has 0 aromatic heterocycles. The van der Waals surface area contributed by atoms with E-state index in [2.05, 4.69) is 6.07 Å². The molecule has 92 valence electrons. The average molecular weight is 235 g/mol. The van der Waals surface area contributed by atoms with E-state index in [1.807, 2.05) is 25.8 Å². The van der Waals surface area contributed by atoms with Crippen molar-refractivity contribution in [2.75, 3.05) is 18.5 Å². The van der Waals surface area contributed by atoms with E-state index in [1.54, 1.807) is 6.07 Å². The second-order valence-corrected chi connectivity index (χ2v) is 4.40. The molecule has 0 heterocycles. The van der Waals surface area contributed by atoms with Crippen LogP contribution in [-0.2, 0) is 0 Å². The fraction of sp³-hybridized carbons (Fsp3) is 0.462. The molecule has 3 nitrogen and oxygen atoms in total. The molecule has 0 aliphatic heterocycles. The molecule has 1 rings (SSSR count). The Labute approximate surface area is 102 Å². The van der Waals surface area contributed by atoms with Gasteiger partial charge in [-0.2, -0.15) is 5.26 Å². The van der Waals surface area contributed by atoms with Crippen molar-refractivity contribution in [3.8, 4) is 6.07 Å². The summed E-state index contributed by atoms with van der Waals surface area (Å²) in [5, 5.41) is 8.79. The molecule has 0 amide bonds. The summed E-state index contributed by atoms with van der Waals surface area (Å²) in [7, 11) is 1.88. The van der Waals surface area contributed by atoms with E-state index in [1.165, 1.54) is 12.1 Å². The Morgan fingerprint density at radius 1 is 1.47 bits per heavy atom. The summed E-state index contributed by atoms with van der Waals surface area (Å²) < 4.78 is 13.2. The third kappa shape index (κ3) is 3.43. The number of benzene rings is 1. The predicted octanol–water partition coefficient (Wildman–Crippen LogP) is 2.44. The molecule has 17 heavy (non-hydrogen) atoms. The van der Waals surface area contributed by atoms with Crippen LogP contribution in [0.2, 0.25) is 0 Å². The molecule has 0 bridgehead atoms. The van der Waals surface area contributed by atoms with Gasteiger partial charge in [0.05, 0.1) is 12.0 Å². The van der Waals surface area contributed by atoms with Gasteiger partial charge in [0.25, 0.3) is 0 Å². The molecule has 1 aromatic rings. The topological polar surface area (TPSA) is 53.0 Å². The largest absolute Gasteiger partial charge is 0.373 e. The van der Waals surface area contributed by atoms with Gasteiger partial charge >= 0.3 is 0 Å². The summed E-state index contributed by atoms with van der Waals surface area (Å²) in [5.41, 5.74) is 7.47. The molecule has 2 atom stereocenters. The van der Waals surface area contributed by atoms with Gasteiger partial charge in [-0.25, -0.2) is 4.39 Å². The zero-order valence-corrected chi connectivity index (χ0v) is 10.4. The maximum absolute atomic E-state index is 13.2. The summed E-state index contributed by atoms with van der Waals surface area (Å²) >= 11 is 0. The molecule has 1 aromatic carbocycles. The number of anilines is 1. The molecule has 0 aliphatic rings. The van der Waals surface area contributed by atoms with E-state index >= 15 is 0 Å². The summed E-state index contributed by atoms with van der Waals surface area (Å²) in [6, 6.07) is 6.51. The highest BCUT2D eigenvalue weighted by Crippen LogP contribution is 2.25. The third-order valence-electron chi connectivity index (χ3n) is 2.66. The minimum Gasteiger partial charge on any atom is -0.373 e. The number of rotatable bonds is 4. The predicted molar refractivity (Wildman–Crippen MR) is 67.0 cm³/mol. The van der Waals surface area contributed by atoms with Crippen molar-refractivity contribution in [3.05, 3.63) is 29.6 Å². The van der Waals surface area contributed by atoms with Gasteiger partial charge < -0.3 is 10.6 Å². The molecule has 0 aliphatic carbocycles. The van der Waals surface area contributed by atoms with Crippen molar-refractivity contribution in [2.24, 2.45) is 11.7 Å². The summed E-state index contributed by atoms with van der Waals surface area (Å²) in [6.45, 7) is 4.27. The maximum atomic E-state index is 13.2. The smallest absolute Gasteiger partial charge is 0.123 e. The lowest BCUT2D eigenvalue weighted by Crippen LogP contribution is -2.25. The minimum absolute atomic E-state index is 0.0778. The highest BCUT2D eigenvalue weighted by Gasteiger charge is 2.13. The van der Waals surface area contributed by atoms with Gasteiger partial charge in [0.2, 0.25) is 0 Å². The molecule has 2 N–H and O–H groups in total. The highest BCUT2D eigenvalue weighted by atomic mass is 19.1. The van der Waals surface area contributed by atoms with Crippen molar-refractivity contribution in [1.29, 1.82) is 5.26 Å². The number of nitriles is 1. The highest BCUT2D eigenvalue weighted by molar-refractivity contribution is 5.54. The lowest BCUT2D eigenvalue weighted by molar-refractivity contribution is 0.621. The van der Waals surface area contributed by atoms with Crippen LogP contribution in [0.25, 0.3) is 0 Å². The number of nitrogens with two attached hydrogens (primary N) is 1. The Morgan fingerprint density at radius 2 is 2.12 bits per heavy atom. The second kappa shape index (κ2) is 5.65. The molecule has 4 heteroatoms. The summed E-state index contributed by atoms with van der Waals surface area (Å²) in [4.78, 5) is 1.94. The minimum atomic E-state index is -0.289. The van der Waals surface area contributed by atoms with E-state index in [4.69, 9.17) is 11.0 Å². The van der Waals surface area contributed by atoms with Crippen LogP contribution in [0.3, 0.4) is 0 Å². The Balaban J connectivity index is 3.01. The van der Waals surface area contributed by atoms with Gasteiger partial charge in [-0.15, -0.1) is 0 Å². The van der Waals surface area contributed by atoms with E-state index in [9.17, 15) is 4.39 Å². The van der Waals surface area contributed by atoms with Gasteiger partial charge in [-0.05, 0) is 37.6 Å². The fourth-order valence-corrected chi connectivity index (χ4v) is 1.79. The first-order chi connectivity index (χ1) is 7.95. The van der Waals surface area contributed by atoms with Crippen LogP contribution in [0.5, 0.6) is 0 Å². The second-order valence-electron chi connectivity index (χ2n) is 4.40. The zero-order chi connectivity index (χ0) is 13.0.